The van der Waals surface area contributed by atoms with Gasteiger partial charge in [-0.1, -0.05) is 17.7 Å². The normalized spacial score (nSPS) is 10.6. The summed E-state index contributed by atoms with van der Waals surface area (Å²) in [7, 11) is -3.03. The molecule has 1 aromatic heterocycles. The molecule has 1 aromatic carbocycles. The molecule has 0 amide bonds. The van der Waals surface area contributed by atoms with E-state index in [4.69, 9.17) is 11.6 Å². The van der Waals surface area contributed by atoms with Gasteiger partial charge in [0.25, 0.3) is 5.82 Å². The number of rotatable bonds is 2. The van der Waals surface area contributed by atoms with Crippen LogP contribution in [0, 0.1) is 20.8 Å². The van der Waals surface area contributed by atoms with Crippen molar-refractivity contribution in [2.24, 2.45) is 0 Å². The van der Waals surface area contributed by atoms with E-state index in [9.17, 15) is 17.8 Å². The van der Waals surface area contributed by atoms with Gasteiger partial charge in [0.15, 0.2) is 0 Å². The fourth-order valence-corrected chi connectivity index (χ4v) is 3.23. The average molecular weight is 367 g/mol. The number of carbonyl (C=O) groups is 1. The Hall–Kier alpha value is -2.65. The van der Waals surface area contributed by atoms with Gasteiger partial charge in [0.05, 0.1) is 12.0 Å². The second-order valence-corrected chi connectivity index (χ2v) is 6.74. The number of nitrogens with two attached hydrogens (primary N) is 2. The third-order valence-electron chi connectivity index (χ3n) is 3.29. The second-order valence-electron chi connectivity index (χ2n) is 5.42. The molecule has 0 atom stereocenters. The van der Waals surface area contributed by atoms with Crippen LogP contribution < -0.4 is 16.3 Å². The zero-order valence-corrected chi connectivity index (χ0v) is 15.3. The summed E-state index contributed by atoms with van der Waals surface area (Å²) in [5.74, 6) is 5.34. The first-order valence-corrected chi connectivity index (χ1v) is 8.56. The van der Waals surface area contributed by atoms with Crippen LogP contribution in [0.15, 0.2) is 35.4 Å². The topological polar surface area (TPSA) is 139 Å². The van der Waals surface area contributed by atoms with E-state index in [2.05, 4.69) is 4.74 Å². The van der Waals surface area contributed by atoms with E-state index in [-0.39, 0.29) is 4.90 Å². The predicted octanol–water partition coefficient (Wildman–Crippen LogP) is 0.573. The van der Waals surface area contributed by atoms with Gasteiger partial charge >= 0.3 is 5.97 Å². The molecule has 0 fully saturated rings. The smallest absolute Gasteiger partial charge is 0.341 e. The predicted molar refractivity (Wildman–Crippen MR) is 91.2 cm³/mol. The minimum absolute atomic E-state index is 0.0851. The largest absolute Gasteiger partial charge is 0.744 e. The summed E-state index contributed by atoms with van der Waals surface area (Å²) in [6.07, 6.45) is 1.40. The lowest BCUT2D eigenvalue weighted by atomic mass is 10.1. The van der Waals surface area contributed by atoms with Gasteiger partial charge in [0, 0.05) is 6.07 Å². The van der Waals surface area contributed by atoms with Crippen molar-refractivity contribution in [1.82, 2.24) is 0 Å². The van der Waals surface area contributed by atoms with Crippen molar-refractivity contribution < 1.29 is 27.2 Å². The highest BCUT2D eigenvalue weighted by Crippen LogP contribution is 2.20. The van der Waals surface area contributed by atoms with Crippen LogP contribution in [0.4, 0.5) is 5.82 Å². The van der Waals surface area contributed by atoms with Gasteiger partial charge in [-0.05, 0) is 38.0 Å². The standard InChI is InChI=1S/C9H12O3S.C7H9N3O2/c1-6-4-7(2)9(8(3)5-6)13(10,11)12;1-12-7(11)5-2-3-6(8)10(9)4-5/h4-5H,1-3H3,(H,10,11,12);2-4,8H,9H2,1H3. The maximum absolute atomic E-state index is 10.9. The molecule has 25 heavy (non-hydrogen) atoms. The van der Waals surface area contributed by atoms with Crippen LogP contribution in [0.1, 0.15) is 27.0 Å². The summed E-state index contributed by atoms with van der Waals surface area (Å²) in [6.45, 7) is 5.12. The van der Waals surface area contributed by atoms with Gasteiger partial charge in [-0.25, -0.2) is 13.2 Å². The number of benzene rings is 1. The number of ether oxygens (including phenoxy) is 1. The van der Waals surface area contributed by atoms with E-state index in [1.807, 2.05) is 6.92 Å². The van der Waals surface area contributed by atoms with Gasteiger partial charge in [0.1, 0.15) is 21.9 Å². The fourth-order valence-electron chi connectivity index (χ4n) is 2.33. The van der Waals surface area contributed by atoms with Gasteiger partial charge < -0.3 is 9.29 Å². The molecular weight excluding hydrogens is 346 g/mol. The summed E-state index contributed by atoms with van der Waals surface area (Å²) < 4.78 is 38.1. The zero-order valence-electron chi connectivity index (χ0n) is 14.4. The molecule has 0 aliphatic heterocycles. The molecule has 4 N–H and O–H groups in total. The van der Waals surface area contributed by atoms with Gasteiger partial charge in [-0.2, -0.15) is 0 Å². The highest BCUT2D eigenvalue weighted by molar-refractivity contribution is 7.85. The Bertz CT molecular complexity index is 872. The second kappa shape index (κ2) is 7.95. The first-order chi connectivity index (χ1) is 11.5. The molecule has 0 aliphatic rings. The maximum Gasteiger partial charge on any atom is 0.341 e. The van der Waals surface area contributed by atoms with Gasteiger partial charge in [-0.3, -0.25) is 11.6 Å². The van der Waals surface area contributed by atoms with E-state index in [1.54, 1.807) is 32.0 Å². The molecule has 0 aliphatic carbocycles. The van der Waals surface area contributed by atoms with Crippen molar-refractivity contribution in [1.29, 1.82) is 0 Å². The van der Waals surface area contributed by atoms with Crippen molar-refractivity contribution >= 4 is 21.9 Å². The average Bonchev–Trinajstić information content (AvgIpc) is 2.47. The molecular formula is C16H21N3O5S. The van der Waals surface area contributed by atoms with E-state index in [1.165, 1.54) is 19.4 Å². The molecule has 2 aromatic rings. The first kappa shape index (κ1) is 20.4. The third kappa shape index (κ3) is 5.44. The molecule has 0 bridgehead atoms. The maximum atomic E-state index is 10.9. The third-order valence-corrected chi connectivity index (χ3v) is 4.43. The van der Waals surface area contributed by atoms with Gasteiger partial charge in [0.2, 0.25) is 0 Å². The number of nitrogen functional groups attached to an aromatic ring is 2. The molecule has 0 radical (unpaired) electrons. The molecule has 0 spiro atoms. The number of esters is 1. The lowest BCUT2D eigenvalue weighted by molar-refractivity contribution is -0.623. The quantitative estimate of drug-likeness (QED) is 0.342. The Morgan fingerprint density at radius 2 is 1.68 bits per heavy atom. The Labute approximate surface area is 146 Å². The number of hydrogen-bond acceptors (Lipinski definition) is 7. The van der Waals surface area contributed by atoms with E-state index >= 15 is 0 Å². The van der Waals surface area contributed by atoms with E-state index < -0.39 is 16.1 Å². The van der Waals surface area contributed by atoms with E-state index in [0.29, 0.717) is 22.5 Å². The number of pyridine rings is 1. The van der Waals surface area contributed by atoms with Crippen LogP contribution in [0.3, 0.4) is 0 Å². The van der Waals surface area contributed by atoms with Crippen molar-refractivity contribution in [3.63, 3.8) is 0 Å². The summed E-state index contributed by atoms with van der Waals surface area (Å²) >= 11 is 0. The lowest BCUT2D eigenvalue weighted by Gasteiger charge is -2.14. The van der Waals surface area contributed by atoms with Crippen molar-refractivity contribution in [2.45, 2.75) is 25.7 Å². The molecule has 136 valence electrons. The Morgan fingerprint density at radius 1 is 1.16 bits per heavy atom. The Balaban J connectivity index is 0.000000251. The van der Waals surface area contributed by atoms with Gasteiger partial charge in [-0.15, -0.1) is 4.68 Å². The number of nitrogens with zero attached hydrogens (tertiary/aromatic N) is 1. The molecule has 0 saturated carbocycles. The van der Waals surface area contributed by atoms with Crippen LogP contribution in [0.2, 0.25) is 0 Å². The number of anilines is 1. The molecule has 0 saturated heterocycles. The monoisotopic (exact) mass is 367 g/mol. The number of aromatic nitrogens is 1. The summed E-state index contributed by atoms with van der Waals surface area (Å²) in [6, 6.07) is 6.46. The minimum Gasteiger partial charge on any atom is -0.744 e. The fraction of sp³-hybridized carbons (Fsp3) is 0.250. The molecule has 2 rings (SSSR count). The van der Waals surface area contributed by atoms with Crippen LogP contribution >= 0.6 is 0 Å². The van der Waals surface area contributed by atoms with E-state index in [0.717, 1.165) is 10.2 Å². The van der Waals surface area contributed by atoms with Crippen molar-refractivity contribution in [2.75, 3.05) is 18.7 Å². The SMILES string of the molecule is COC(=O)c1ccc(N)[n+](N)c1.Cc1cc(C)c(S(=O)(=O)[O-])c(C)c1. The summed E-state index contributed by atoms with van der Waals surface area (Å²) in [4.78, 5) is 10.9. The first-order valence-electron chi connectivity index (χ1n) is 7.15. The molecule has 9 heteroatoms. The van der Waals surface area contributed by atoms with Crippen LogP contribution in [-0.2, 0) is 14.9 Å². The molecule has 0 unspecified atom stereocenters. The number of hydrogen-bond donors (Lipinski definition) is 2. The summed E-state index contributed by atoms with van der Waals surface area (Å²) in [5.41, 5.74) is 7.79. The number of aryl methyl sites for hydroxylation is 3. The number of carbonyl (C=O) groups excluding carboxylic acids is 1. The molecule has 8 nitrogen and oxygen atoms in total. The van der Waals surface area contributed by atoms with Crippen LogP contribution in [-0.4, -0.2) is 26.0 Å². The highest BCUT2D eigenvalue weighted by Gasteiger charge is 2.10. The van der Waals surface area contributed by atoms with Crippen LogP contribution in [0.25, 0.3) is 0 Å². The van der Waals surface area contributed by atoms with Crippen LogP contribution in [0.5, 0.6) is 0 Å². The zero-order chi connectivity index (χ0) is 19.4. The lowest BCUT2D eigenvalue weighted by Crippen LogP contribution is -2.47. The van der Waals surface area contributed by atoms with Crippen molar-refractivity contribution in [3.8, 4) is 0 Å². The Kier molecular flexibility index (Phi) is 6.49. The van der Waals surface area contributed by atoms with Crippen molar-refractivity contribution in [3.05, 3.63) is 52.7 Å². The Morgan fingerprint density at radius 3 is 2.08 bits per heavy atom. The number of methoxy groups -OCH3 is 1. The minimum atomic E-state index is -4.33. The highest BCUT2D eigenvalue weighted by atomic mass is 32.2. The molecule has 1 heterocycles. The summed E-state index contributed by atoms with van der Waals surface area (Å²) in [5, 5.41) is 0.